The number of hydrogen-bond donors (Lipinski definition) is 0. The number of rotatable bonds is 4. The predicted molar refractivity (Wildman–Crippen MR) is 82.4 cm³/mol. The molecule has 0 saturated heterocycles. The number of nitrogens with zero attached hydrogens (tertiary/aromatic N) is 2. The Morgan fingerprint density at radius 1 is 1.17 bits per heavy atom. The number of imidazole rings is 1. The van der Waals surface area contributed by atoms with E-state index in [1.165, 1.54) is 17.3 Å². The van der Waals surface area contributed by atoms with Crippen molar-refractivity contribution < 1.29 is 0 Å². The summed E-state index contributed by atoms with van der Waals surface area (Å²) >= 11 is 2.03. The quantitative estimate of drug-likeness (QED) is 0.767. The molecule has 3 heteroatoms. The zero-order valence-corrected chi connectivity index (χ0v) is 13.8. The van der Waals surface area contributed by atoms with Crippen LogP contribution in [0, 0.1) is 5.41 Å². The predicted octanol–water partition coefficient (Wildman–Crippen LogP) is 4.04. The van der Waals surface area contributed by atoms with E-state index in [0.29, 0.717) is 5.41 Å². The van der Waals surface area contributed by atoms with E-state index in [2.05, 4.69) is 58.1 Å². The third-order valence-electron chi connectivity index (χ3n) is 2.86. The lowest BCUT2D eigenvalue weighted by Crippen LogP contribution is -2.17. The van der Waals surface area contributed by atoms with Crippen molar-refractivity contribution in [3.05, 3.63) is 17.7 Å². The van der Waals surface area contributed by atoms with E-state index in [9.17, 15) is 0 Å². The highest BCUT2D eigenvalue weighted by Gasteiger charge is 2.19. The molecule has 1 aromatic rings. The first-order valence-corrected chi connectivity index (χ1v) is 7.85. The van der Waals surface area contributed by atoms with Gasteiger partial charge in [0.2, 0.25) is 0 Å². The second-order valence-electron chi connectivity index (χ2n) is 7.23. The summed E-state index contributed by atoms with van der Waals surface area (Å²) in [5.74, 6) is 3.58. The highest BCUT2D eigenvalue weighted by molar-refractivity contribution is 7.99. The lowest BCUT2D eigenvalue weighted by atomic mass is 9.93. The van der Waals surface area contributed by atoms with Crippen molar-refractivity contribution in [2.24, 2.45) is 12.5 Å². The van der Waals surface area contributed by atoms with Gasteiger partial charge in [0, 0.05) is 36.5 Å². The topological polar surface area (TPSA) is 17.8 Å². The van der Waals surface area contributed by atoms with Crippen LogP contribution in [0.5, 0.6) is 0 Å². The van der Waals surface area contributed by atoms with E-state index in [0.717, 1.165) is 12.2 Å². The molecule has 1 aromatic heterocycles. The Labute approximate surface area is 117 Å². The molecule has 18 heavy (non-hydrogen) atoms. The van der Waals surface area contributed by atoms with Gasteiger partial charge >= 0.3 is 0 Å². The summed E-state index contributed by atoms with van der Waals surface area (Å²) in [7, 11) is 2.14. The van der Waals surface area contributed by atoms with Gasteiger partial charge in [0.05, 0.1) is 0 Å². The van der Waals surface area contributed by atoms with Gasteiger partial charge in [-0.05, 0) is 11.2 Å². The van der Waals surface area contributed by atoms with E-state index in [1.54, 1.807) is 0 Å². The third-order valence-corrected chi connectivity index (χ3v) is 4.42. The first kappa shape index (κ1) is 15.6. The van der Waals surface area contributed by atoms with Gasteiger partial charge in [0.25, 0.3) is 0 Å². The summed E-state index contributed by atoms with van der Waals surface area (Å²) in [6, 6.07) is 0. The van der Waals surface area contributed by atoms with E-state index < -0.39 is 0 Å². The Morgan fingerprint density at radius 3 is 2.22 bits per heavy atom. The van der Waals surface area contributed by atoms with Crippen LogP contribution >= 0.6 is 11.8 Å². The summed E-state index contributed by atoms with van der Waals surface area (Å²) in [4.78, 5) is 4.57. The van der Waals surface area contributed by atoms with E-state index in [-0.39, 0.29) is 5.41 Å². The molecule has 0 bridgehead atoms. The highest BCUT2D eigenvalue weighted by atomic mass is 32.2. The second kappa shape index (κ2) is 5.68. The van der Waals surface area contributed by atoms with Crippen LogP contribution in [-0.2, 0) is 18.9 Å². The van der Waals surface area contributed by atoms with Crippen molar-refractivity contribution in [1.29, 1.82) is 0 Å². The van der Waals surface area contributed by atoms with Crippen LogP contribution in [0.15, 0.2) is 6.20 Å². The molecular weight excluding hydrogens is 240 g/mol. The maximum Gasteiger partial charge on any atom is 0.109 e. The van der Waals surface area contributed by atoms with Gasteiger partial charge in [-0.15, -0.1) is 0 Å². The SMILES string of the molecule is Cn1c(C(C)(C)C)cnc1CCSCC(C)(C)C. The summed E-state index contributed by atoms with van der Waals surface area (Å²) in [6.07, 6.45) is 3.09. The summed E-state index contributed by atoms with van der Waals surface area (Å²) in [5, 5.41) is 0. The number of aromatic nitrogens is 2. The Hall–Kier alpha value is -0.440. The number of aryl methyl sites for hydroxylation is 1. The molecule has 0 N–H and O–H groups in total. The summed E-state index contributed by atoms with van der Waals surface area (Å²) < 4.78 is 2.26. The van der Waals surface area contributed by atoms with E-state index >= 15 is 0 Å². The van der Waals surface area contributed by atoms with Crippen LogP contribution in [-0.4, -0.2) is 21.1 Å². The van der Waals surface area contributed by atoms with Crippen molar-refractivity contribution in [3.8, 4) is 0 Å². The standard InChI is InChI=1S/C15H28N2S/c1-14(2,3)11-18-9-8-13-16-10-12(17(13)7)15(4,5)6/h10H,8-9,11H2,1-7H3. The molecular formula is C15H28N2S. The monoisotopic (exact) mass is 268 g/mol. The fraction of sp³-hybridized carbons (Fsp3) is 0.800. The lowest BCUT2D eigenvalue weighted by molar-refractivity contribution is 0.480. The fourth-order valence-corrected chi connectivity index (χ4v) is 3.00. The van der Waals surface area contributed by atoms with Crippen molar-refractivity contribution in [2.45, 2.75) is 53.4 Å². The minimum atomic E-state index is 0.179. The van der Waals surface area contributed by atoms with Crippen LogP contribution in [0.3, 0.4) is 0 Å². The maximum atomic E-state index is 4.57. The van der Waals surface area contributed by atoms with Gasteiger partial charge in [0.15, 0.2) is 0 Å². The van der Waals surface area contributed by atoms with Crippen molar-refractivity contribution in [3.63, 3.8) is 0 Å². The van der Waals surface area contributed by atoms with E-state index in [4.69, 9.17) is 0 Å². The van der Waals surface area contributed by atoms with Crippen LogP contribution in [0.1, 0.15) is 53.1 Å². The molecule has 1 rings (SSSR count). The van der Waals surface area contributed by atoms with E-state index in [1.807, 2.05) is 18.0 Å². The molecule has 0 atom stereocenters. The summed E-state index contributed by atoms with van der Waals surface area (Å²) in [5.41, 5.74) is 1.92. The highest BCUT2D eigenvalue weighted by Crippen LogP contribution is 2.24. The molecule has 0 fully saturated rings. The normalized spacial score (nSPS) is 13.1. The Kier molecular flexibility index (Phi) is 4.93. The molecule has 1 heterocycles. The van der Waals surface area contributed by atoms with Gasteiger partial charge in [0.1, 0.15) is 5.82 Å². The van der Waals surface area contributed by atoms with Gasteiger partial charge in [-0.2, -0.15) is 11.8 Å². The zero-order chi connectivity index (χ0) is 14.0. The van der Waals surface area contributed by atoms with Crippen LogP contribution < -0.4 is 0 Å². The zero-order valence-electron chi connectivity index (χ0n) is 13.0. The van der Waals surface area contributed by atoms with Gasteiger partial charge in [-0.3, -0.25) is 0 Å². The van der Waals surface area contributed by atoms with Crippen LogP contribution in [0.2, 0.25) is 0 Å². The van der Waals surface area contributed by atoms with Gasteiger partial charge in [-0.25, -0.2) is 4.98 Å². The van der Waals surface area contributed by atoms with Crippen LogP contribution in [0.4, 0.5) is 0 Å². The molecule has 0 spiro atoms. The third kappa shape index (κ3) is 4.68. The minimum Gasteiger partial charge on any atom is -0.335 e. The Balaban J connectivity index is 2.52. The smallest absolute Gasteiger partial charge is 0.109 e. The second-order valence-corrected chi connectivity index (χ2v) is 8.34. The molecule has 0 aliphatic carbocycles. The molecule has 0 aromatic carbocycles. The molecule has 0 aliphatic rings. The molecule has 0 aliphatic heterocycles. The molecule has 0 unspecified atom stereocenters. The Bertz CT molecular complexity index is 380. The number of thioether (sulfide) groups is 1. The van der Waals surface area contributed by atoms with Crippen molar-refractivity contribution >= 4 is 11.8 Å². The molecule has 0 radical (unpaired) electrons. The fourth-order valence-electron chi connectivity index (χ4n) is 1.92. The first-order valence-electron chi connectivity index (χ1n) is 6.70. The largest absolute Gasteiger partial charge is 0.335 e. The average molecular weight is 268 g/mol. The van der Waals surface area contributed by atoms with Crippen molar-refractivity contribution in [2.75, 3.05) is 11.5 Å². The molecule has 0 amide bonds. The van der Waals surface area contributed by atoms with Crippen LogP contribution in [0.25, 0.3) is 0 Å². The first-order chi connectivity index (χ1) is 8.11. The Morgan fingerprint density at radius 2 is 1.78 bits per heavy atom. The molecule has 2 nitrogen and oxygen atoms in total. The lowest BCUT2D eigenvalue weighted by Gasteiger charge is -2.19. The summed E-state index contributed by atoms with van der Waals surface area (Å²) in [6.45, 7) is 13.6. The maximum absolute atomic E-state index is 4.57. The van der Waals surface area contributed by atoms with Gasteiger partial charge < -0.3 is 4.57 Å². The van der Waals surface area contributed by atoms with Crippen molar-refractivity contribution in [1.82, 2.24) is 9.55 Å². The number of hydrogen-bond acceptors (Lipinski definition) is 2. The minimum absolute atomic E-state index is 0.179. The average Bonchev–Trinajstić information content (AvgIpc) is 2.53. The van der Waals surface area contributed by atoms with Gasteiger partial charge in [-0.1, -0.05) is 41.5 Å². The molecule has 0 saturated carbocycles. The molecule has 104 valence electrons.